The molecule has 0 amide bonds. The molecule has 19 heavy (non-hydrogen) atoms. The van der Waals surface area contributed by atoms with Crippen molar-refractivity contribution in [2.75, 3.05) is 6.61 Å². The number of ether oxygens (including phenoxy) is 1. The van der Waals surface area contributed by atoms with Crippen LogP contribution in [-0.4, -0.2) is 17.4 Å². The lowest BCUT2D eigenvalue weighted by Crippen LogP contribution is -2.38. The van der Waals surface area contributed by atoms with Crippen molar-refractivity contribution in [2.45, 2.75) is 13.0 Å². The molecule has 1 aromatic heterocycles. The fourth-order valence-corrected chi connectivity index (χ4v) is 2.60. The van der Waals surface area contributed by atoms with Gasteiger partial charge in [-0.2, -0.15) is 0 Å². The van der Waals surface area contributed by atoms with E-state index in [4.69, 9.17) is 16.3 Å². The molecule has 5 heteroatoms. The summed E-state index contributed by atoms with van der Waals surface area (Å²) in [7, 11) is 0. The predicted molar refractivity (Wildman–Crippen MR) is 70.4 cm³/mol. The molecule has 1 aliphatic rings. The molecule has 98 valence electrons. The zero-order valence-electron chi connectivity index (χ0n) is 10.3. The fourth-order valence-electron chi connectivity index (χ4n) is 2.37. The Morgan fingerprint density at radius 3 is 3.16 bits per heavy atom. The van der Waals surface area contributed by atoms with Crippen molar-refractivity contribution in [1.29, 1.82) is 0 Å². The number of halogens is 1. The highest BCUT2D eigenvalue weighted by atomic mass is 35.5. The van der Waals surface area contributed by atoms with Crippen molar-refractivity contribution in [3.05, 3.63) is 47.5 Å². The van der Waals surface area contributed by atoms with Gasteiger partial charge in [0, 0.05) is 0 Å². The molecule has 1 atom stereocenters. The highest BCUT2D eigenvalue weighted by Gasteiger charge is 2.29. The van der Waals surface area contributed by atoms with Gasteiger partial charge >= 0.3 is 0 Å². The molecule has 0 bridgehead atoms. The average molecular weight is 278 g/mol. The van der Waals surface area contributed by atoms with Crippen LogP contribution < -0.4 is 9.30 Å². The summed E-state index contributed by atoms with van der Waals surface area (Å²) in [5.74, 6) is 0.542. The zero-order valence-corrected chi connectivity index (χ0v) is 11.1. The number of hydrogen-bond acceptors (Lipinski definition) is 2. The minimum atomic E-state index is -0.0829. The maximum Gasteiger partial charge on any atom is 0.241 e. The lowest BCUT2D eigenvalue weighted by atomic mass is 9.95. The van der Waals surface area contributed by atoms with E-state index in [9.17, 15) is 4.79 Å². The number of hydrogen-bond donors (Lipinski definition) is 1. The quantitative estimate of drug-likeness (QED) is 0.856. The van der Waals surface area contributed by atoms with Gasteiger partial charge in [-0.05, 0) is 18.6 Å². The van der Waals surface area contributed by atoms with Gasteiger partial charge in [0.05, 0.1) is 23.1 Å². The molecule has 1 aromatic carbocycles. The van der Waals surface area contributed by atoms with Gasteiger partial charge in [0.2, 0.25) is 6.33 Å². The third-order valence-corrected chi connectivity index (χ3v) is 3.65. The number of carbonyl (C=O) groups excluding carboxylic acids is 1. The second-order valence-electron chi connectivity index (χ2n) is 4.62. The van der Waals surface area contributed by atoms with Crippen LogP contribution in [0.3, 0.4) is 0 Å². The third kappa shape index (κ3) is 2.36. The number of Topliss-reactive ketones (excluding diaryl/α,β-unsaturated/α-hetero) is 1. The van der Waals surface area contributed by atoms with Crippen molar-refractivity contribution in [1.82, 2.24) is 4.98 Å². The summed E-state index contributed by atoms with van der Waals surface area (Å²) in [6.07, 6.45) is 6.29. The maximum absolute atomic E-state index is 12.6. The summed E-state index contributed by atoms with van der Waals surface area (Å²) in [5, 5.41) is 0.501. The number of nitrogens with zero attached hydrogens (tertiary/aromatic N) is 1. The van der Waals surface area contributed by atoms with E-state index in [0.29, 0.717) is 35.9 Å². The number of carbonyl (C=O) groups is 1. The molecule has 0 spiro atoms. The monoisotopic (exact) mass is 277 g/mol. The number of H-pyrrole nitrogens is 1. The van der Waals surface area contributed by atoms with E-state index in [1.165, 1.54) is 0 Å². The molecule has 4 nitrogen and oxygen atoms in total. The lowest BCUT2D eigenvalue weighted by Gasteiger charge is -2.09. The average Bonchev–Trinajstić information content (AvgIpc) is 2.85. The number of para-hydroxylation sites is 1. The van der Waals surface area contributed by atoms with Gasteiger partial charge in [-0.15, -0.1) is 0 Å². The normalized spacial score (nSPS) is 18.6. The van der Waals surface area contributed by atoms with Crippen LogP contribution in [0.5, 0.6) is 5.75 Å². The molecule has 0 fully saturated rings. The molecule has 1 N–H and O–H groups in total. The Kier molecular flexibility index (Phi) is 3.25. The Bertz CT molecular complexity index is 595. The van der Waals surface area contributed by atoms with E-state index in [1.54, 1.807) is 18.2 Å². The molecule has 3 rings (SSSR count). The molecule has 1 aliphatic heterocycles. The number of aromatic nitrogens is 2. The largest absolute Gasteiger partial charge is 0.491 e. The maximum atomic E-state index is 12.6. The van der Waals surface area contributed by atoms with Gasteiger partial charge in [0.25, 0.3) is 0 Å². The molecule has 0 aliphatic carbocycles. The van der Waals surface area contributed by atoms with Crippen LogP contribution in [0.1, 0.15) is 16.8 Å². The van der Waals surface area contributed by atoms with Gasteiger partial charge in [-0.1, -0.05) is 17.7 Å². The minimum Gasteiger partial charge on any atom is -0.491 e. The van der Waals surface area contributed by atoms with Crippen LogP contribution in [0.25, 0.3) is 0 Å². The van der Waals surface area contributed by atoms with E-state index in [2.05, 4.69) is 4.98 Å². The van der Waals surface area contributed by atoms with Gasteiger partial charge in [-0.3, -0.25) is 9.78 Å². The van der Waals surface area contributed by atoms with Crippen molar-refractivity contribution >= 4 is 17.4 Å². The molecule has 1 unspecified atom stereocenters. The SMILES string of the molecule is O=C1c2cccc(Cl)c2OCCC1C[n+]1cc[nH]c1. The Labute approximate surface area is 116 Å². The number of benzene rings is 1. The first-order chi connectivity index (χ1) is 9.25. The molecular formula is C14H14ClN2O2+. The van der Waals surface area contributed by atoms with Gasteiger partial charge < -0.3 is 4.74 Å². The van der Waals surface area contributed by atoms with Crippen molar-refractivity contribution in [2.24, 2.45) is 5.92 Å². The Morgan fingerprint density at radius 2 is 2.37 bits per heavy atom. The molecule has 2 heterocycles. The summed E-state index contributed by atoms with van der Waals surface area (Å²) in [5.41, 5.74) is 0.589. The first-order valence-corrected chi connectivity index (χ1v) is 6.61. The number of rotatable bonds is 2. The summed E-state index contributed by atoms with van der Waals surface area (Å²) < 4.78 is 7.60. The highest BCUT2D eigenvalue weighted by Crippen LogP contribution is 2.33. The second kappa shape index (κ2) is 5.05. The smallest absolute Gasteiger partial charge is 0.241 e. The van der Waals surface area contributed by atoms with Crippen LogP contribution in [-0.2, 0) is 6.54 Å². The topological polar surface area (TPSA) is 46.0 Å². The number of imidazole rings is 1. The van der Waals surface area contributed by atoms with Gasteiger partial charge in [-0.25, -0.2) is 4.57 Å². The lowest BCUT2D eigenvalue weighted by molar-refractivity contribution is -0.699. The Morgan fingerprint density at radius 1 is 1.47 bits per heavy atom. The Balaban J connectivity index is 1.91. The molecular weight excluding hydrogens is 264 g/mol. The van der Waals surface area contributed by atoms with Crippen LogP contribution >= 0.6 is 11.6 Å². The number of fused-ring (bicyclic) bond motifs is 1. The van der Waals surface area contributed by atoms with Gasteiger partial charge in [0.15, 0.2) is 5.78 Å². The minimum absolute atomic E-state index is 0.0829. The summed E-state index contributed by atoms with van der Waals surface area (Å²) in [4.78, 5) is 15.5. The van der Waals surface area contributed by atoms with Crippen molar-refractivity contribution in [3.8, 4) is 5.75 Å². The number of ketones is 1. The number of aromatic amines is 1. The van der Waals surface area contributed by atoms with E-state index < -0.39 is 0 Å². The van der Waals surface area contributed by atoms with Crippen LogP contribution in [0, 0.1) is 5.92 Å². The molecule has 0 saturated carbocycles. The molecule has 0 saturated heterocycles. The van der Waals surface area contributed by atoms with Crippen molar-refractivity contribution in [3.63, 3.8) is 0 Å². The van der Waals surface area contributed by atoms with E-state index in [0.717, 1.165) is 0 Å². The van der Waals surface area contributed by atoms with Crippen LogP contribution in [0.2, 0.25) is 5.02 Å². The molecule has 0 radical (unpaired) electrons. The zero-order chi connectivity index (χ0) is 13.2. The van der Waals surface area contributed by atoms with Gasteiger partial charge in [0.1, 0.15) is 24.7 Å². The van der Waals surface area contributed by atoms with Crippen LogP contribution in [0.4, 0.5) is 0 Å². The first kappa shape index (κ1) is 12.2. The van der Waals surface area contributed by atoms with E-state index >= 15 is 0 Å². The van der Waals surface area contributed by atoms with E-state index in [1.807, 2.05) is 23.3 Å². The van der Waals surface area contributed by atoms with Crippen LogP contribution in [0.15, 0.2) is 36.9 Å². The summed E-state index contributed by atoms with van der Waals surface area (Å²) >= 11 is 6.08. The summed E-state index contributed by atoms with van der Waals surface area (Å²) in [6.45, 7) is 1.16. The second-order valence-corrected chi connectivity index (χ2v) is 5.03. The fraction of sp³-hybridized carbons (Fsp3) is 0.286. The number of nitrogens with one attached hydrogen (secondary N) is 1. The highest BCUT2D eigenvalue weighted by molar-refractivity contribution is 6.32. The standard InChI is InChI=1S/C14H13ClN2O2/c15-12-3-1-2-11-13(18)10(4-7-19-14(11)12)8-17-6-5-16-9-17/h1-3,5-6,9-10H,4,7-8H2/p+1. The first-order valence-electron chi connectivity index (χ1n) is 6.23. The predicted octanol–water partition coefficient (Wildman–Crippen LogP) is 2.24. The third-order valence-electron chi connectivity index (χ3n) is 3.35. The van der Waals surface area contributed by atoms with E-state index in [-0.39, 0.29) is 11.7 Å². The Hall–Kier alpha value is -1.81. The summed E-state index contributed by atoms with van der Waals surface area (Å²) in [6, 6.07) is 5.31. The molecule has 2 aromatic rings. The van der Waals surface area contributed by atoms with Crippen molar-refractivity contribution < 1.29 is 14.1 Å².